The highest BCUT2D eigenvalue weighted by Gasteiger charge is 2.60. The van der Waals surface area contributed by atoms with Crippen LogP contribution in [-0.4, -0.2) is 39.8 Å². The molecule has 3 aromatic carbocycles. The van der Waals surface area contributed by atoms with Crippen molar-refractivity contribution in [2.24, 2.45) is 5.92 Å². The van der Waals surface area contributed by atoms with E-state index < -0.39 is 35.2 Å². The van der Waals surface area contributed by atoms with Crippen molar-refractivity contribution in [2.75, 3.05) is 5.32 Å². The molecule has 0 aliphatic carbocycles. The molecule has 0 saturated heterocycles. The Hall–Kier alpha value is -4.63. The van der Waals surface area contributed by atoms with Gasteiger partial charge in [-0.1, -0.05) is 88.4 Å². The van der Waals surface area contributed by atoms with Gasteiger partial charge in [-0.2, -0.15) is 0 Å². The van der Waals surface area contributed by atoms with Crippen LogP contribution >= 0.6 is 0 Å². The normalized spacial score (nSPS) is 23.2. The Morgan fingerprint density at radius 2 is 1.78 bits per heavy atom. The lowest BCUT2D eigenvalue weighted by Gasteiger charge is -2.30. The van der Waals surface area contributed by atoms with Crippen LogP contribution in [0.5, 0.6) is 5.75 Å². The van der Waals surface area contributed by atoms with Crippen LogP contribution < -0.4 is 20.7 Å². The molecule has 4 heterocycles. The summed E-state index contributed by atoms with van der Waals surface area (Å²) in [5, 5.41) is 20.6. The molecule has 3 aliphatic heterocycles. The number of nitrogens with one attached hydrogen (secondary N) is 3. The van der Waals surface area contributed by atoms with Gasteiger partial charge in [0.15, 0.2) is 12.0 Å². The van der Waals surface area contributed by atoms with E-state index in [0.717, 1.165) is 27.9 Å². The van der Waals surface area contributed by atoms with Crippen molar-refractivity contribution in [3.8, 4) is 17.0 Å². The summed E-state index contributed by atoms with van der Waals surface area (Å²) in [4.78, 5) is 32.5. The number of anilines is 1. The predicted molar refractivity (Wildman–Crippen MR) is 170 cm³/mol. The Bertz CT molecular complexity index is 1780. The quantitative estimate of drug-likeness (QED) is 0.237. The molecule has 3 aliphatic rings. The predicted octanol–water partition coefficient (Wildman–Crippen LogP) is 5.23. The van der Waals surface area contributed by atoms with E-state index in [9.17, 15) is 14.7 Å². The van der Waals surface area contributed by atoms with E-state index in [2.05, 4.69) is 28.1 Å². The summed E-state index contributed by atoms with van der Waals surface area (Å²) in [6.07, 6.45) is 0.170. The maximum atomic E-state index is 14.0. The molecule has 45 heavy (non-hydrogen) atoms. The van der Waals surface area contributed by atoms with E-state index in [1.165, 1.54) is 0 Å². The van der Waals surface area contributed by atoms with Crippen LogP contribution in [0.2, 0.25) is 0 Å². The van der Waals surface area contributed by atoms with Crippen LogP contribution in [0.4, 0.5) is 5.69 Å². The summed E-state index contributed by atoms with van der Waals surface area (Å²) < 4.78 is 13.5. The highest BCUT2D eigenvalue weighted by molar-refractivity contribution is 5.91. The third-order valence-corrected chi connectivity index (χ3v) is 9.68. The second-order valence-electron chi connectivity index (χ2n) is 12.6. The van der Waals surface area contributed by atoms with Crippen LogP contribution in [0.25, 0.3) is 11.3 Å². The Kier molecular flexibility index (Phi) is 6.96. The second-order valence-corrected chi connectivity index (χ2v) is 12.6. The summed E-state index contributed by atoms with van der Waals surface area (Å²) in [6, 6.07) is 22.4. The monoisotopic (exact) mass is 606 g/mol. The molecule has 0 saturated carbocycles. The van der Waals surface area contributed by atoms with Gasteiger partial charge in [-0.15, -0.1) is 0 Å². The first-order chi connectivity index (χ1) is 21.7. The number of amides is 2. The average molecular weight is 607 g/mol. The third kappa shape index (κ3) is 4.43. The average Bonchev–Trinajstić information content (AvgIpc) is 3.72. The Morgan fingerprint density at radius 3 is 2.51 bits per heavy atom. The Morgan fingerprint density at radius 1 is 1.04 bits per heavy atom. The molecule has 9 nitrogen and oxygen atoms in total. The van der Waals surface area contributed by atoms with Crippen LogP contribution in [-0.2, 0) is 21.4 Å². The fourth-order valence-corrected chi connectivity index (χ4v) is 6.96. The first kappa shape index (κ1) is 29.1. The number of carbonyl (C=O) groups excluding carboxylic acids is 2. The third-order valence-electron chi connectivity index (χ3n) is 9.68. The van der Waals surface area contributed by atoms with Crippen molar-refractivity contribution in [3.05, 3.63) is 101 Å². The molecule has 2 amide bonds. The SMILES string of the molecule is CCC(O)(CC)C(=O)N[C@H]1Cc2ccc3c(c2)C2(c4ccccc4N[C@H]2O3)c2oc(nc2-c2ccccc2)[C@H](C(C)C)NC1=O. The van der Waals surface area contributed by atoms with Gasteiger partial charge in [-0.25, -0.2) is 4.98 Å². The largest absolute Gasteiger partial charge is 0.469 e. The van der Waals surface area contributed by atoms with Gasteiger partial charge in [0.2, 0.25) is 11.8 Å². The second kappa shape index (κ2) is 10.8. The van der Waals surface area contributed by atoms with Gasteiger partial charge < -0.3 is 30.2 Å². The molecule has 4 atom stereocenters. The van der Waals surface area contributed by atoms with E-state index >= 15 is 0 Å². The number of carbonyl (C=O) groups is 2. The highest BCUT2D eigenvalue weighted by Crippen LogP contribution is 2.59. The van der Waals surface area contributed by atoms with Crippen LogP contribution in [0.1, 0.15) is 74.9 Å². The van der Waals surface area contributed by atoms with Gasteiger partial charge in [0.25, 0.3) is 5.91 Å². The van der Waals surface area contributed by atoms with Crippen molar-refractivity contribution >= 4 is 17.5 Å². The number of ether oxygens (including phenoxy) is 1. The summed E-state index contributed by atoms with van der Waals surface area (Å²) in [5.74, 6) is 0.677. The van der Waals surface area contributed by atoms with Crippen molar-refractivity contribution in [1.82, 2.24) is 15.6 Å². The lowest BCUT2D eigenvalue weighted by atomic mass is 9.72. The minimum absolute atomic E-state index is 0.0953. The molecular formula is C36H38N4O5. The Balaban J connectivity index is 1.48. The molecule has 9 heteroatoms. The number of fused-ring (bicyclic) bond motifs is 4. The smallest absolute Gasteiger partial charge is 0.252 e. The van der Waals surface area contributed by atoms with E-state index in [1.54, 1.807) is 13.8 Å². The number of hydrogen-bond acceptors (Lipinski definition) is 7. The molecule has 0 radical (unpaired) electrons. The van der Waals surface area contributed by atoms with E-state index in [4.69, 9.17) is 14.1 Å². The number of hydrogen-bond donors (Lipinski definition) is 4. The number of aliphatic hydroxyl groups is 1. The number of benzene rings is 3. The summed E-state index contributed by atoms with van der Waals surface area (Å²) in [7, 11) is 0. The molecular weight excluding hydrogens is 568 g/mol. The molecule has 4 N–H and O–H groups in total. The molecule has 4 aromatic rings. The van der Waals surface area contributed by atoms with Gasteiger partial charge in [0, 0.05) is 23.2 Å². The minimum Gasteiger partial charge on any atom is -0.469 e. The van der Waals surface area contributed by atoms with Gasteiger partial charge in [0.1, 0.15) is 34.5 Å². The first-order valence-electron chi connectivity index (χ1n) is 15.8. The number of aromatic nitrogens is 1. The van der Waals surface area contributed by atoms with Crippen LogP contribution in [0.3, 0.4) is 0 Å². The molecule has 1 spiro atoms. The maximum Gasteiger partial charge on any atom is 0.252 e. The van der Waals surface area contributed by atoms with Crippen LogP contribution in [0.15, 0.2) is 77.2 Å². The summed E-state index contributed by atoms with van der Waals surface area (Å²) >= 11 is 0. The number of rotatable bonds is 6. The molecule has 0 fully saturated rings. The highest BCUT2D eigenvalue weighted by atomic mass is 16.5. The topological polar surface area (TPSA) is 126 Å². The van der Waals surface area contributed by atoms with E-state index in [0.29, 0.717) is 23.1 Å². The molecule has 1 aromatic heterocycles. The summed E-state index contributed by atoms with van der Waals surface area (Å²) in [5.41, 5.74) is 2.79. The van der Waals surface area contributed by atoms with E-state index in [1.807, 2.05) is 74.5 Å². The number of nitrogens with zero attached hydrogens (tertiary/aromatic N) is 1. The van der Waals surface area contributed by atoms with Gasteiger partial charge >= 0.3 is 0 Å². The molecule has 4 bridgehead atoms. The van der Waals surface area contributed by atoms with Crippen molar-refractivity contribution < 1.29 is 23.8 Å². The Labute approximate surface area is 262 Å². The lowest BCUT2D eigenvalue weighted by molar-refractivity contribution is -0.143. The molecule has 232 valence electrons. The fourth-order valence-electron chi connectivity index (χ4n) is 6.96. The zero-order valence-corrected chi connectivity index (χ0v) is 25.9. The number of oxazole rings is 1. The minimum atomic E-state index is -1.58. The van der Waals surface area contributed by atoms with Gasteiger partial charge in [-0.3, -0.25) is 9.59 Å². The summed E-state index contributed by atoms with van der Waals surface area (Å²) in [6.45, 7) is 7.51. The number of para-hydroxylation sites is 1. The zero-order valence-electron chi connectivity index (χ0n) is 25.9. The standard InChI is InChI=1S/C36H38N4O5/c1-5-35(43,6-2)33(42)37-26-19-21-16-17-27-24(18-21)36(23-14-10-11-15-25(23)38-34(36)44-27)30-29(22-12-8-7-9-13-22)40-32(45-30)28(20(3)4)39-31(26)41/h7-18,20,26,28,34,38,43H,5-6,19H2,1-4H3,(H,37,42)(H,39,41)/t26-,28-,34-,36?/m0/s1. The maximum absolute atomic E-state index is 14.0. The van der Waals surface area contributed by atoms with Crippen LogP contribution in [0, 0.1) is 5.92 Å². The molecule has 1 unspecified atom stereocenters. The van der Waals surface area contributed by atoms with Gasteiger partial charge in [-0.05, 0) is 42.0 Å². The van der Waals surface area contributed by atoms with Gasteiger partial charge in [0.05, 0.1) is 0 Å². The van der Waals surface area contributed by atoms with Crippen molar-refractivity contribution in [1.29, 1.82) is 0 Å². The van der Waals surface area contributed by atoms with Crippen molar-refractivity contribution in [2.45, 2.75) is 76.3 Å². The zero-order chi connectivity index (χ0) is 31.5. The van der Waals surface area contributed by atoms with E-state index in [-0.39, 0.29) is 31.1 Å². The van der Waals surface area contributed by atoms with Crippen molar-refractivity contribution in [3.63, 3.8) is 0 Å². The fraction of sp³-hybridized carbons (Fsp3) is 0.361. The lowest BCUT2D eigenvalue weighted by Crippen LogP contribution is -2.55. The first-order valence-corrected chi connectivity index (χ1v) is 15.8. The molecule has 7 rings (SSSR count).